The maximum absolute atomic E-state index is 11.4. The fourth-order valence-electron chi connectivity index (χ4n) is 1.56. The first-order valence-electron chi connectivity index (χ1n) is 5.63. The minimum absolute atomic E-state index is 0.00479. The average molecular weight is 256 g/mol. The third-order valence-corrected chi connectivity index (χ3v) is 3.30. The second-order valence-electron chi connectivity index (χ2n) is 4.34. The maximum Gasteiger partial charge on any atom is 0.250 e. The van der Waals surface area contributed by atoms with Gasteiger partial charge in [-0.25, -0.2) is 0 Å². The lowest BCUT2D eigenvalue weighted by Crippen LogP contribution is -2.41. The Morgan fingerprint density at radius 2 is 2.29 bits per heavy atom. The van der Waals surface area contributed by atoms with Gasteiger partial charge in [0.1, 0.15) is 0 Å². The Bertz CT molecular complexity index is 390. The lowest BCUT2D eigenvalue weighted by atomic mass is 10.1. The van der Waals surface area contributed by atoms with Gasteiger partial charge >= 0.3 is 0 Å². The smallest absolute Gasteiger partial charge is 0.250 e. The standard InChI is InChI=1S/C12H20N2O2S/c1-12(16,10-17-2)9-13-6-8-14-7-4-3-5-11(14)15/h3-5,7,13,16H,6,8-10H2,1-2H3. The summed E-state index contributed by atoms with van der Waals surface area (Å²) in [5, 5.41) is 13.1. The molecule has 17 heavy (non-hydrogen) atoms. The van der Waals surface area contributed by atoms with E-state index in [2.05, 4.69) is 5.32 Å². The summed E-state index contributed by atoms with van der Waals surface area (Å²) in [5.74, 6) is 0.700. The first-order chi connectivity index (χ1) is 8.05. The molecule has 96 valence electrons. The monoisotopic (exact) mass is 256 g/mol. The molecule has 0 aliphatic heterocycles. The first-order valence-corrected chi connectivity index (χ1v) is 7.02. The SMILES string of the molecule is CSCC(C)(O)CNCCn1ccccc1=O. The zero-order chi connectivity index (χ0) is 12.7. The Balaban J connectivity index is 2.30. The summed E-state index contributed by atoms with van der Waals surface area (Å²) < 4.78 is 1.65. The lowest BCUT2D eigenvalue weighted by molar-refractivity contribution is 0.0848. The van der Waals surface area contributed by atoms with Crippen molar-refractivity contribution in [3.8, 4) is 0 Å². The van der Waals surface area contributed by atoms with Crippen molar-refractivity contribution in [2.45, 2.75) is 19.1 Å². The number of aromatic nitrogens is 1. The molecular weight excluding hydrogens is 236 g/mol. The molecule has 1 atom stereocenters. The maximum atomic E-state index is 11.4. The van der Waals surface area contributed by atoms with E-state index in [9.17, 15) is 9.90 Å². The molecule has 2 N–H and O–H groups in total. The zero-order valence-corrected chi connectivity index (χ0v) is 11.2. The lowest BCUT2D eigenvalue weighted by Gasteiger charge is -2.22. The van der Waals surface area contributed by atoms with Crippen molar-refractivity contribution >= 4 is 11.8 Å². The molecule has 0 aliphatic rings. The summed E-state index contributed by atoms with van der Waals surface area (Å²) in [6.45, 7) is 3.64. The largest absolute Gasteiger partial charge is 0.388 e. The molecule has 0 radical (unpaired) electrons. The Labute approximate surface area is 106 Å². The zero-order valence-electron chi connectivity index (χ0n) is 10.3. The van der Waals surface area contributed by atoms with Gasteiger partial charge in [-0.1, -0.05) is 6.07 Å². The molecule has 0 bridgehead atoms. The van der Waals surface area contributed by atoms with Gasteiger partial charge in [0.25, 0.3) is 5.56 Å². The quantitative estimate of drug-likeness (QED) is 0.700. The van der Waals surface area contributed by atoms with E-state index in [4.69, 9.17) is 0 Å². The van der Waals surface area contributed by atoms with E-state index < -0.39 is 5.60 Å². The van der Waals surface area contributed by atoms with E-state index in [1.54, 1.807) is 34.7 Å². The van der Waals surface area contributed by atoms with Crippen LogP contribution in [0.2, 0.25) is 0 Å². The highest BCUT2D eigenvalue weighted by molar-refractivity contribution is 7.98. The Morgan fingerprint density at radius 1 is 1.53 bits per heavy atom. The van der Waals surface area contributed by atoms with Crippen LogP contribution in [0.3, 0.4) is 0 Å². The number of aliphatic hydroxyl groups is 1. The molecular formula is C12H20N2O2S. The minimum Gasteiger partial charge on any atom is -0.388 e. The second-order valence-corrected chi connectivity index (χ2v) is 5.21. The van der Waals surface area contributed by atoms with Crippen LogP contribution in [0, 0.1) is 0 Å². The van der Waals surface area contributed by atoms with Crippen LogP contribution in [-0.4, -0.2) is 40.4 Å². The molecule has 1 unspecified atom stereocenters. The first kappa shape index (κ1) is 14.3. The van der Waals surface area contributed by atoms with Crippen LogP contribution < -0.4 is 10.9 Å². The van der Waals surface area contributed by atoms with Gasteiger partial charge < -0.3 is 15.0 Å². The molecule has 1 aromatic heterocycles. The number of nitrogens with zero attached hydrogens (tertiary/aromatic N) is 1. The highest BCUT2D eigenvalue weighted by Crippen LogP contribution is 2.08. The molecule has 1 aromatic rings. The fraction of sp³-hybridized carbons (Fsp3) is 0.583. The molecule has 0 amide bonds. The normalized spacial score (nSPS) is 14.5. The van der Waals surface area contributed by atoms with Crippen LogP contribution in [0.15, 0.2) is 29.2 Å². The van der Waals surface area contributed by atoms with Crippen LogP contribution in [0.5, 0.6) is 0 Å². The Morgan fingerprint density at radius 3 is 2.94 bits per heavy atom. The highest BCUT2D eigenvalue weighted by Gasteiger charge is 2.18. The molecule has 0 aliphatic carbocycles. The molecule has 4 nitrogen and oxygen atoms in total. The van der Waals surface area contributed by atoms with Crippen molar-refractivity contribution in [3.63, 3.8) is 0 Å². The van der Waals surface area contributed by atoms with E-state index in [-0.39, 0.29) is 5.56 Å². The van der Waals surface area contributed by atoms with Gasteiger partial charge in [-0.15, -0.1) is 0 Å². The van der Waals surface area contributed by atoms with Crippen LogP contribution >= 0.6 is 11.8 Å². The number of pyridine rings is 1. The van der Waals surface area contributed by atoms with Crippen molar-refractivity contribution in [1.82, 2.24) is 9.88 Å². The third kappa shape index (κ3) is 5.39. The van der Waals surface area contributed by atoms with E-state index >= 15 is 0 Å². The van der Waals surface area contributed by atoms with Gasteiger partial charge in [0, 0.05) is 37.7 Å². The molecule has 0 spiro atoms. The molecule has 0 fully saturated rings. The number of rotatable bonds is 7. The summed E-state index contributed by atoms with van der Waals surface area (Å²) in [4.78, 5) is 11.4. The van der Waals surface area contributed by atoms with Gasteiger partial charge in [0.2, 0.25) is 0 Å². The van der Waals surface area contributed by atoms with Gasteiger partial charge in [-0.2, -0.15) is 11.8 Å². The van der Waals surface area contributed by atoms with Crippen molar-refractivity contribution in [3.05, 3.63) is 34.7 Å². The predicted octanol–water partition coefficient (Wildman–Crippen LogP) is 0.552. The summed E-state index contributed by atoms with van der Waals surface area (Å²) in [5.41, 5.74) is -0.689. The van der Waals surface area contributed by atoms with Gasteiger partial charge in [0.15, 0.2) is 0 Å². The molecule has 1 heterocycles. The summed E-state index contributed by atoms with van der Waals surface area (Å²) >= 11 is 1.62. The summed E-state index contributed by atoms with van der Waals surface area (Å²) in [6.07, 6.45) is 3.74. The Kier molecular flexibility index (Phi) is 5.74. The average Bonchev–Trinajstić information content (AvgIpc) is 2.26. The topological polar surface area (TPSA) is 54.3 Å². The van der Waals surface area contributed by atoms with Gasteiger partial charge in [0.05, 0.1) is 5.60 Å². The van der Waals surface area contributed by atoms with Crippen LogP contribution in [0.25, 0.3) is 0 Å². The summed E-state index contributed by atoms with van der Waals surface area (Å²) in [7, 11) is 0. The molecule has 5 heteroatoms. The number of thioether (sulfide) groups is 1. The van der Waals surface area contributed by atoms with Crippen molar-refractivity contribution in [1.29, 1.82) is 0 Å². The van der Waals surface area contributed by atoms with Crippen LogP contribution in [0.4, 0.5) is 0 Å². The number of hydrogen-bond donors (Lipinski definition) is 2. The molecule has 1 rings (SSSR count). The van der Waals surface area contributed by atoms with Crippen molar-refractivity contribution < 1.29 is 5.11 Å². The highest BCUT2D eigenvalue weighted by atomic mass is 32.2. The molecule has 0 saturated heterocycles. The Hall–Kier alpha value is -0.780. The number of hydrogen-bond acceptors (Lipinski definition) is 4. The van der Waals surface area contributed by atoms with Crippen molar-refractivity contribution in [2.24, 2.45) is 0 Å². The molecule has 0 saturated carbocycles. The van der Waals surface area contributed by atoms with E-state index in [0.29, 0.717) is 25.4 Å². The van der Waals surface area contributed by atoms with Crippen LogP contribution in [0.1, 0.15) is 6.92 Å². The van der Waals surface area contributed by atoms with Gasteiger partial charge in [-0.3, -0.25) is 4.79 Å². The predicted molar refractivity (Wildman–Crippen MR) is 72.6 cm³/mol. The van der Waals surface area contributed by atoms with E-state index in [1.807, 2.05) is 19.2 Å². The van der Waals surface area contributed by atoms with Gasteiger partial charge in [-0.05, 0) is 19.2 Å². The number of nitrogens with one attached hydrogen (secondary N) is 1. The van der Waals surface area contributed by atoms with Crippen molar-refractivity contribution in [2.75, 3.05) is 25.1 Å². The second kappa shape index (κ2) is 6.83. The van der Waals surface area contributed by atoms with Crippen LogP contribution in [-0.2, 0) is 6.54 Å². The van der Waals surface area contributed by atoms with E-state index in [0.717, 1.165) is 0 Å². The van der Waals surface area contributed by atoms with E-state index in [1.165, 1.54) is 0 Å². The third-order valence-electron chi connectivity index (χ3n) is 2.39. The summed E-state index contributed by atoms with van der Waals surface area (Å²) in [6, 6.07) is 5.12. The fourth-order valence-corrected chi connectivity index (χ4v) is 2.29. The molecule has 0 aromatic carbocycles. The minimum atomic E-state index is -0.693.